The smallest absolute Gasteiger partial charge is 0.225 e. The van der Waals surface area contributed by atoms with Crippen LogP contribution < -0.4 is 11.1 Å². The Kier molecular flexibility index (Phi) is 5.73. The van der Waals surface area contributed by atoms with E-state index >= 15 is 0 Å². The number of hydrogen-bond donors (Lipinski definition) is 2. The maximum Gasteiger partial charge on any atom is 0.225 e. The summed E-state index contributed by atoms with van der Waals surface area (Å²) in [4.78, 5) is 14.2. The molecule has 1 aromatic carbocycles. The average molecular weight is 291 g/mol. The van der Waals surface area contributed by atoms with Gasteiger partial charge in [0.2, 0.25) is 5.91 Å². The van der Waals surface area contributed by atoms with Crippen LogP contribution in [0.1, 0.15) is 25.3 Å². The van der Waals surface area contributed by atoms with Crippen molar-refractivity contribution >= 4 is 11.6 Å². The second kappa shape index (κ2) is 7.54. The normalized spacial score (nSPS) is 21.7. The van der Waals surface area contributed by atoms with Gasteiger partial charge < -0.3 is 20.7 Å². The van der Waals surface area contributed by atoms with Crippen LogP contribution in [0.5, 0.6) is 0 Å². The van der Waals surface area contributed by atoms with Crippen molar-refractivity contribution in [2.75, 3.05) is 25.5 Å². The van der Waals surface area contributed by atoms with E-state index in [1.54, 1.807) is 0 Å². The fraction of sp³-hybridized carbons (Fsp3) is 0.562. The highest BCUT2D eigenvalue weighted by Gasteiger charge is 2.27. The summed E-state index contributed by atoms with van der Waals surface area (Å²) in [5, 5.41) is 2.92. The van der Waals surface area contributed by atoms with Crippen LogP contribution in [0.15, 0.2) is 24.3 Å². The number of nitrogens with two attached hydrogens (primary N) is 1. The third kappa shape index (κ3) is 4.52. The quantitative estimate of drug-likeness (QED) is 0.835. The van der Waals surface area contributed by atoms with Gasteiger partial charge >= 0.3 is 0 Å². The van der Waals surface area contributed by atoms with Gasteiger partial charge in [0.15, 0.2) is 0 Å². The van der Waals surface area contributed by atoms with E-state index in [-0.39, 0.29) is 12.0 Å². The van der Waals surface area contributed by atoms with Crippen LogP contribution >= 0.6 is 0 Å². The summed E-state index contributed by atoms with van der Waals surface area (Å²) in [7, 11) is 2.05. The first-order valence-electron chi connectivity index (χ1n) is 7.51. The molecule has 2 unspecified atom stereocenters. The first kappa shape index (κ1) is 15.9. The van der Waals surface area contributed by atoms with Gasteiger partial charge in [0.25, 0.3) is 0 Å². The Morgan fingerprint density at radius 2 is 2.33 bits per heavy atom. The van der Waals surface area contributed by atoms with Crippen LogP contribution in [0.4, 0.5) is 5.69 Å². The third-order valence-electron chi connectivity index (χ3n) is 4.04. The first-order chi connectivity index (χ1) is 10.1. The monoisotopic (exact) mass is 291 g/mol. The molecule has 5 heteroatoms. The maximum atomic E-state index is 12.0. The summed E-state index contributed by atoms with van der Waals surface area (Å²) in [6.07, 6.45) is 1.77. The van der Waals surface area contributed by atoms with E-state index in [9.17, 15) is 4.79 Å². The lowest BCUT2D eigenvalue weighted by Gasteiger charge is -2.26. The molecule has 3 N–H and O–H groups in total. The highest BCUT2D eigenvalue weighted by atomic mass is 16.5. The number of rotatable bonds is 6. The van der Waals surface area contributed by atoms with Crippen molar-refractivity contribution in [2.24, 2.45) is 5.73 Å². The molecule has 0 aromatic heterocycles. The van der Waals surface area contributed by atoms with Gasteiger partial charge in [-0.25, -0.2) is 0 Å². The van der Waals surface area contributed by atoms with Gasteiger partial charge in [-0.3, -0.25) is 4.79 Å². The van der Waals surface area contributed by atoms with E-state index in [1.807, 2.05) is 24.3 Å². The van der Waals surface area contributed by atoms with Crippen LogP contribution in [0.25, 0.3) is 0 Å². The van der Waals surface area contributed by atoms with Gasteiger partial charge in [0.05, 0.1) is 6.10 Å². The topological polar surface area (TPSA) is 67.6 Å². The fourth-order valence-corrected chi connectivity index (χ4v) is 2.74. The highest BCUT2D eigenvalue weighted by molar-refractivity contribution is 5.90. The van der Waals surface area contributed by atoms with Gasteiger partial charge in [-0.15, -0.1) is 0 Å². The van der Waals surface area contributed by atoms with Crippen molar-refractivity contribution in [3.05, 3.63) is 29.8 Å². The number of anilines is 1. The molecule has 1 aliphatic rings. The Morgan fingerprint density at radius 1 is 1.52 bits per heavy atom. The number of likely N-dealkylation sites (N-methyl/N-ethyl adjacent to an activating group) is 1. The van der Waals surface area contributed by atoms with Crippen molar-refractivity contribution in [2.45, 2.75) is 38.5 Å². The minimum absolute atomic E-state index is 0.0302. The van der Waals surface area contributed by atoms with Gasteiger partial charge in [-0.1, -0.05) is 12.1 Å². The molecule has 1 aromatic rings. The summed E-state index contributed by atoms with van der Waals surface area (Å²) in [5.74, 6) is 0.0302. The van der Waals surface area contributed by atoms with Crippen molar-refractivity contribution in [1.29, 1.82) is 0 Å². The van der Waals surface area contributed by atoms with Gasteiger partial charge in [-0.05, 0) is 38.1 Å². The summed E-state index contributed by atoms with van der Waals surface area (Å²) < 4.78 is 5.56. The predicted octanol–water partition coefficient (Wildman–Crippen LogP) is 1.58. The Bertz CT molecular complexity index is 478. The lowest BCUT2D eigenvalue weighted by atomic mass is 10.1. The number of ether oxygens (including phenoxy) is 1. The Labute approximate surface area is 126 Å². The Hall–Kier alpha value is -1.43. The van der Waals surface area contributed by atoms with Gasteiger partial charge in [0.1, 0.15) is 0 Å². The van der Waals surface area contributed by atoms with E-state index in [2.05, 4.69) is 24.2 Å². The lowest BCUT2D eigenvalue weighted by molar-refractivity contribution is -0.116. The molecule has 1 amide bonds. The molecule has 0 bridgehead atoms. The molecule has 1 fully saturated rings. The molecular weight excluding hydrogens is 266 g/mol. The van der Waals surface area contributed by atoms with E-state index in [1.165, 1.54) is 0 Å². The van der Waals surface area contributed by atoms with Crippen molar-refractivity contribution in [1.82, 2.24) is 4.90 Å². The molecule has 1 aliphatic heterocycles. The minimum atomic E-state index is 0.0302. The number of nitrogens with one attached hydrogen (secondary N) is 1. The minimum Gasteiger partial charge on any atom is -0.377 e. The molecule has 5 nitrogen and oxygen atoms in total. The van der Waals surface area contributed by atoms with E-state index in [0.29, 0.717) is 19.0 Å². The second-order valence-corrected chi connectivity index (χ2v) is 5.62. The SMILES string of the molecule is CC1OCCC1N(C)CCC(=O)Nc1cccc(CN)c1. The predicted molar refractivity (Wildman–Crippen MR) is 84.0 cm³/mol. The zero-order valence-corrected chi connectivity index (χ0v) is 12.8. The van der Waals surface area contributed by atoms with Crippen LogP contribution in [0.2, 0.25) is 0 Å². The van der Waals surface area contributed by atoms with E-state index < -0.39 is 0 Å². The molecule has 0 spiro atoms. The largest absolute Gasteiger partial charge is 0.377 e. The number of amides is 1. The summed E-state index contributed by atoms with van der Waals surface area (Å²) in [6.45, 7) is 4.12. The molecular formula is C16H25N3O2. The molecule has 21 heavy (non-hydrogen) atoms. The first-order valence-corrected chi connectivity index (χ1v) is 7.51. The average Bonchev–Trinajstić information content (AvgIpc) is 2.91. The van der Waals surface area contributed by atoms with Gasteiger partial charge in [-0.2, -0.15) is 0 Å². The molecule has 2 rings (SSSR count). The van der Waals surface area contributed by atoms with Crippen LogP contribution in [0.3, 0.4) is 0 Å². The fourth-order valence-electron chi connectivity index (χ4n) is 2.74. The molecule has 0 radical (unpaired) electrons. The molecule has 2 atom stereocenters. The van der Waals surface area contributed by atoms with Crippen molar-refractivity contribution in [3.8, 4) is 0 Å². The van der Waals surface area contributed by atoms with Gasteiger partial charge in [0, 0.05) is 37.8 Å². The summed E-state index contributed by atoms with van der Waals surface area (Å²) in [6, 6.07) is 8.06. The van der Waals surface area contributed by atoms with Crippen molar-refractivity contribution < 1.29 is 9.53 Å². The molecule has 0 aliphatic carbocycles. The summed E-state index contributed by atoms with van der Waals surface area (Å²) in [5.41, 5.74) is 7.42. The maximum absolute atomic E-state index is 12.0. The van der Waals surface area contributed by atoms with E-state index in [4.69, 9.17) is 10.5 Å². The number of nitrogens with zero attached hydrogens (tertiary/aromatic N) is 1. The number of benzene rings is 1. The Morgan fingerprint density at radius 3 is 3.00 bits per heavy atom. The molecule has 0 saturated carbocycles. The number of carbonyl (C=O) groups excluding carboxylic acids is 1. The van der Waals surface area contributed by atoms with Crippen LogP contribution in [-0.2, 0) is 16.1 Å². The zero-order valence-electron chi connectivity index (χ0n) is 12.8. The summed E-state index contributed by atoms with van der Waals surface area (Å²) >= 11 is 0. The van der Waals surface area contributed by atoms with Crippen LogP contribution in [0, 0.1) is 0 Å². The van der Waals surface area contributed by atoms with Crippen molar-refractivity contribution in [3.63, 3.8) is 0 Å². The Balaban J connectivity index is 1.79. The standard InChI is InChI=1S/C16H25N3O2/c1-12-15(7-9-21-12)19(2)8-6-16(20)18-14-5-3-4-13(10-14)11-17/h3-5,10,12,15H,6-9,11,17H2,1-2H3,(H,18,20). The molecule has 116 valence electrons. The lowest BCUT2D eigenvalue weighted by Crippen LogP contribution is -2.38. The van der Waals surface area contributed by atoms with E-state index in [0.717, 1.165) is 30.8 Å². The second-order valence-electron chi connectivity index (χ2n) is 5.62. The number of hydrogen-bond acceptors (Lipinski definition) is 4. The third-order valence-corrected chi connectivity index (χ3v) is 4.04. The van der Waals surface area contributed by atoms with Crippen LogP contribution in [-0.4, -0.2) is 43.2 Å². The highest BCUT2D eigenvalue weighted by Crippen LogP contribution is 2.18. The number of carbonyl (C=O) groups is 1. The molecule has 1 saturated heterocycles. The molecule has 1 heterocycles. The zero-order chi connectivity index (χ0) is 15.2.